The van der Waals surface area contributed by atoms with Gasteiger partial charge in [-0.25, -0.2) is 4.98 Å². The van der Waals surface area contributed by atoms with Crippen LogP contribution in [0.1, 0.15) is 21.1 Å². The molecule has 4 heteroatoms. The highest BCUT2D eigenvalue weighted by atomic mass is 32.2. The minimum absolute atomic E-state index is 0.964. The Morgan fingerprint density at radius 3 is 2.81 bits per heavy atom. The molecule has 2 heterocycles. The maximum absolute atomic E-state index is 4.38. The van der Waals surface area contributed by atoms with Gasteiger partial charge in [0, 0.05) is 28.8 Å². The fourth-order valence-electron chi connectivity index (χ4n) is 1.37. The lowest BCUT2D eigenvalue weighted by molar-refractivity contribution is 1.12. The van der Waals surface area contributed by atoms with Gasteiger partial charge in [0.25, 0.3) is 0 Å². The van der Waals surface area contributed by atoms with E-state index in [4.69, 9.17) is 0 Å². The summed E-state index contributed by atoms with van der Waals surface area (Å²) in [6, 6.07) is 4.09. The van der Waals surface area contributed by atoms with Crippen LogP contribution in [-0.2, 0) is 11.5 Å². The van der Waals surface area contributed by atoms with E-state index in [-0.39, 0.29) is 0 Å². The van der Waals surface area contributed by atoms with Crippen LogP contribution in [0.15, 0.2) is 24.5 Å². The Morgan fingerprint density at radius 2 is 2.12 bits per heavy atom. The van der Waals surface area contributed by atoms with Crippen molar-refractivity contribution in [1.29, 1.82) is 0 Å². The predicted molar refractivity (Wildman–Crippen MR) is 70.8 cm³/mol. The number of pyridine rings is 1. The molecule has 2 aromatic rings. The Balaban J connectivity index is 1.87. The fraction of sp³-hybridized carbons (Fsp3) is 0.333. The van der Waals surface area contributed by atoms with Gasteiger partial charge >= 0.3 is 0 Å². The van der Waals surface area contributed by atoms with Crippen LogP contribution < -0.4 is 0 Å². The normalized spacial score (nSPS) is 10.6. The fourth-order valence-corrected chi connectivity index (χ4v) is 3.29. The van der Waals surface area contributed by atoms with E-state index >= 15 is 0 Å². The first-order valence-corrected chi connectivity index (χ1v) is 7.12. The quantitative estimate of drug-likeness (QED) is 0.829. The smallest absolute Gasteiger partial charge is 0.103 e. The van der Waals surface area contributed by atoms with E-state index in [1.807, 2.05) is 30.2 Å². The van der Waals surface area contributed by atoms with Gasteiger partial charge in [0.2, 0.25) is 0 Å². The minimum Gasteiger partial charge on any atom is -0.260 e. The molecule has 2 nitrogen and oxygen atoms in total. The van der Waals surface area contributed by atoms with Crippen LogP contribution in [0.2, 0.25) is 0 Å². The van der Waals surface area contributed by atoms with E-state index in [1.165, 1.54) is 21.1 Å². The summed E-state index contributed by atoms with van der Waals surface area (Å²) < 4.78 is 0. The second-order valence-electron chi connectivity index (χ2n) is 3.62. The van der Waals surface area contributed by atoms with Crippen LogP contribution in [0, 0.1) is 13.8 Å². The molecule has 0 aliphatic heterocycles. The number of nitrogens with zero attached hydrogens (tertiary/aromatic N) is 2. The standard InChI is InChI=1S/C12H14N2S2/c1-9-4-3-5-13-11(9)7-15-8-12-14-6-10(2)16-12/h3-6H,7-8H2,1-2H3. The van der Waals surface area contributed by atoms with Crippen LogP contribution >= 0.6 is 23.1 Å². The molecule has 0 aromatic carbocycles. The molecule has 2 rings (SSSR count). The third-order valence-corrected chi connectivity index (χ3v) is 4.30. The highest BCUT2D eigenvalue weighted by Crippen LogP contribution is 2.21. The molecule has 84 valence electrons. The van der Waals surface area contributed by atoms with Crippen LogP contribution in [0.5, 0.6) is 0 Å². The number of thiazole rings is 1. The molecule has 0 aliphatic rings. The highest BCUT2D eigenvalue weighted by Gasteiger charge is 2.02. The zero-order chi connectivity index (χ0) is 11.4. The van der Waals surface area contributed by atoms with Crippen molar-refractivity contribution in [2.24, 2.45) is 0 Å². The van der Waals surface area contributed by atoms with Crippen molar-refractivity contribution in [1.82, 2.24) is 9.97 Å². The first kappa shape index (κ1) is 11.6. The second kappa shape index (κ2) is 5.46. The first-order chi connectivity index (χ1) is 7.75. The van der Waals surface area contributed by atoms with E-state index in [9.17, 15) is 0 Å². The number of aromatic nitrogens is 2. The van der Waals surface area contributed by atoms with Crippen molar-refractivity contribution in [2.45, 2.75) is 25.4 Å². The largest absolute Gasteiger partial charge is 0.260 e. The van der Waals surface area contributed by atoms with Gasteiger partial charge < -0.3 is 0 Å². The van der Waals surface area contributed by atoms with E-state index in [0.29, 0.717) is 0 Å². The molecule has 0 fully saturated rings. The lowest BCUT2D eigenvalue weighted by Crippen LogP contribution is -1.90. The third-order valence-electron chi connectivity index (χ3n) is 2.25. The van der Waals surface area contributed by atoms with Gasteiger partial charge in [-0.2, -0.15) is 0 Å². The molecule has 0 saturated carbocycles. The van der Waals surface area contributed by atoms with Crippen LogP contribution in [0.4, 0.5) is 0 Å². The highest BCUT2D eigenvalue weighted by molar-refractivity contribution is 7.97. The maximum Gasteiger partial charge on any atom is 0.103 e. The monoisotopic (exact) mass is 250 g/mol. The Labute approximate surface area is 104 Å². The minimum atomic E-state index is 0.964. The van der Waals surface area contributed by atoms with E-state index in [2.05, 4.69) is 29.9 Å². The molecule has 16 heavy (non-hydrogen) atoms. The second-order valence-corrected chi connectivity index (χ2v) is 5.93. The molecule has 0 unspecified atom stereocenters. The molecule has 0 saturated heterocycles. The van der Waals surface area contributed by atoms with Crippen molar-refractivity contribution in [3.8, 4) is 0 Å². The van der Waals surface area contributed by atoms with Gasteiger partial charge in [-0.15, -0.1) is 23.1 Å². The Morgan fingerprint density at radius 1 is 1.25 bits per heavy atom. The summed E-state index contributed by atoms with van der Waals surface area (Å²) in [7, 11) is 0. The topological polar surface area (TPSA) is 25.8 Å². The maximum atomic E-state index is 4.38. The first-order valence-electron chi connectivity index (χ1n) is 5.15. The summed E-state index contributed by atoms with van der Waals surface area (Å²) in [4.78, 5) is 10.0. The molecule has 2 aromatic heterocycles. The molecular weight excluding hydrogens is 236 g/mol. The van der Waals surface area contributed by atoms with Crippen molar-refractivity contribution < 1.29 is 0 Å². The summed E-state index contributed by atoms with van der Waals surface area (Å²) in [6.45, 7) is 4.20. The summed E-state index contributed by atoms with van der Waals surface area (Å²) >= 11 is 3.65. The molecule has 0 bridgehead atoms. The van der Waals surface area contributed by atoms with Crippen molar-refractivity contribution >= 4 is 23.1 Å². The molecule has 0 atom stereocenters. The molecular formula is C12H14N2S2. The Hall–Kier alpha value is -0.870. The summed E-state index contributed by atoms with van der Waals surface area (Å²) in [5, 5.41) is 1.20. The van der Waals surface area contributed by atoms with Gasteiger partial charge in [-0.05, 0) is 25.5 Å². The molecule has 0 spiro atoms. The van der Waals surface area contributed by atoms with Gasteiger partial charge in [0.15, 0.2) is 0 Å². The Kier molecular flexibility index (Phi) is 3.96. The number of hydrogen-bond acceptors (Lipinski definition) is 4. The summed E-state index contributed by atoms with van der Waals surface area (Å²) in [6.07, 6.45) is 3.79. The van der Waals surface area contributed by atoms with Gasteiger partial charge in [-0.1, -0.05) is 6.07 Å². The van der Waals surface area contributed by atoms with Gasteiger partial charge in [0.1, 0.15) is 5.01 Å². The zero-order valence-corrected chi connectivity index (χ0v) is 11.1. The average Bonchev–Trinajstić information content (AvgIpc) is 2.67. The van der Waals surface area contributed by atoms with E-state index < -0.39 is 0 Å². The van der Waals surface area contributed by atoms with Gasteiger partial charge in [-0.3, -0.25) is 4.98 Å². The van der Waals surface area contributed by atoms with Crippen molar-refractivity contribution in [3.05, 3.63) is 45.7 Å². The number of thioether (sulfide) groups is 1. The molecule has 0 radical (unpaired) electrons. The van der Waals surface area contributed by atoms with Crippen LogP contribution in [-0.4, -0.2) is 9.97 Å². The zero-order valence-electron chi connectivity index (χ0n) is 9.43. The van der Waals surface area contributed by atoms with Crippen LogP contribution in [0.25, 0.3) is 0 Å². The number of hydrogen-bond donors (Lipinski definition) is 0. The lowest BCUT2D eigenvalue weighted by Gasteiger charge is -2.02. The number of rotatable bonds is 4. The molecule has 0 N–H and O–H groups in total. The number of aryl methyl sites for hydroxylation is 2. The SMILES string of the molecule is Cc1cnc(CSCc2ncccc2C)s1. The van der Waals surface area contributed by atoms with Crippen LogP contribution in [0.3, 0.4) is 0 Å². The summed E-state index contributed by atoms with van der Waals surface area (Å²) in [5.41, 5.74) is 2.45. The molecule has 0 aliphatic carbocycles. The summed E-state index contributed by atoms with van der Waals surface area (Å²) in [5.74, 6) is 1.94. The Bertz CT molecular complexity index is 466. The van der Waals surface area contributed by atoms with E-state index in [1.54, 1.807) is 11.3 Å². The predicted octanol–water partition coefficient (Wildman–Crippen LogP) is 3.59. The van der Waals surface area contributed by atoms with Gasteiger partial charge in [0.05, 0.1) is 5.69 Å². The average molecular weight is 250 g/mol. The van der Waals surface area contributed by atoms with Crippen molar-refractivity contribution in [3.63, 3.8) is 0 Å². The van der Waals surface area contributed by atoms with Crippen molar-refractivity contribution in [2.75, 3.05) is 0 Å². The lowest BCUT2D eigenvalue weighted by atomic mass is 10.2. The molecule has 0 amide bonds. The third kappa shape index (κ3) is 3.06. The van der Waals surface area contributed by atoms with E-state index in [0.717, 1.165) is 11.5 Å².